The molecule has 2 aliphatic carbocycles. The maximum Gasteiger partial charge on any atom is 0.0967 e. The first kappa shape index (κ1) is 9.87. The van der Waals surface area contributed by atoms with Crippen LogP contribution in [0.25, 0.3) is 0 Å². The minimum atomic E-state index is 0.206. The van der Waals surface area contributed by atoms with Gasteiger partial charge in [0.25, 0.3) is 0 Å². The summed E-state index contributed by atoms with van der Waals surface area (Å²) in [5, 5.41) is 17.2. The zero-order chi connectivity index (χ0) is 11.3. The van der Waals surface area contributed by atoms with Crippen molar-refractivity contribution < 1.29 is 5.21 Å². The number of hydrogen-bond donors (Lipinski definition) is 1. The van der Waals surface area contributed by atoms with E-state index in [4.69, 9.17) is 5.21 Å². The lowest BCUT2D eigenvalue weighted by Crippen LogP contribution is -2.27. The van der Waals surface area contributed by atoms with Gasteiger partial charge in [0.1, 0.15) is 0 Å². The normalized spacial score (nSPS) is 35.1. The Morgan fingerprint density at radius 1 is 1.44 bits per heavy atom. The van der Waals surface area contributed by atoms with E-state index in [1.807, 2.05) is 11.6 Å². The van der Waals surface area contributed by atoms with E-state index < -0.39 is 0 Å². The Bertz CT molecular complexity index is 449. The van der Waals surface area contributed by atoms with E-state index in [-0.39, 0.29) is 6.04 Å². The number of rotatable bonds is 1. The van der Waals surface area contributed by atoms with Crippen LogP contribution < -0.4 is 0 Å². The molecule has 3 unspecified atom stereocenters. The van der Waals surface area contributed by atoms with Crippen molar-refractivity contribution in [3.63, 3.8) is 0 Å². The first-order valence-corrected chi connectivity index (χ1v) is 5.95. The van der Waals surface area contributed by atoms with Crippen LogP contribution in [0.15, 0.2) is 11.2 Å². The Kier molecular flexibility index (Phi) is 2.06. The topological polar surface area (TPSA) is 50.4 Å². The number of aromatic nitrogens is 2. The molecule has 3 rings (SSSR count). The van der Waals surface area contributed by atoms with Crippen molar-refractivity contribution in [2.45, 2.75) is 39.2 Å². The van der Waals surface area contributed by atoms with E-state index >= 15 is 0 Å². The standard InChI is InChI=1S/C12H17N3O/c1-7-5-8(2)15(13-7)12-10-4-3-9(6-10)11(12)14-16/h5,9-10,12,16H,3-4,6H2,1-2H3/b14-11+. The molecule has 2 bridgehead atoms. The number of aryl methyl sites for hydroxylation is 2. The van der Waals surface area contributed by atoms with Crippen LogP contribution in [0.2, 0.25) is 0 Å². The fourth-order valence-corrected chi connectivity index (χ4v) is 3.45. The van der Waals surface area contributed by atoms with Gasteiger partial charge in [0.05, 0.1) is 17.4 Å². The van der Waals surface area contributed by atoms with Gasteiger partial charge in [-0.25, -0.2) is 0 Å². The zero-order valence-electron chi connectivity index (χ0n) is 9.72. The first-order chi connectivity index (χ1) is 7.70. The van der Waals surface area contributed by atoms with Gasteiger partial charge in [0.15, 0.2) is 0 Å². The monoisotopic (exact) mass is 219 g/mol. The van der Waals surface area contributed by atoms with E-state index in [2.05, 4.69) is 23.2 Å². The predicted molar refractivity (Wildman–Crippen MR) is 60.8 cm³/mol. The van der Waals surface area contributed by atoms with Gasteiger partial charge in [-0.1, -0.05) is 5.16 Å². The van der Waals surface area contributed by atoms with E-state index in [1.54, 1.807) is 0 Å². The molecule has 1 N–H and O–H groups in total. The van der Waals surface area contributed by atoms with E-state index in [0.717, 1.165) is 17.1 Å². The lowest BCUT2D eigenvalue weighted by molar-refractivity contribution is 0.304. The molecule has 1 aromatic heterocycles. The highest BCUT2D eigenvalue weighted by atomic mass is 16.4. The molecule has 0 aliphatic heterocycles. The van der Waals surface area contributed by atoms with Gasteiger partial charge in [-0.15, -0.1) is 0 Å². The molecule has 2 aliphatic rings. The Morgan fingerprint density at radius 2 is 2.25 bits per heavy atom. The second kappa shape index (κ2) is 3.34. The van der Waals surface area contributed by atoms with Crippen molar-refractivity contribution in [2.75, 3.05) is 0 Å². The zero-order valence-corrected chi connectivity index (χ0v) is 9.72. The molecule has 3 atom stereocenters. The molecule has 0 saturated heterocycles. The molecule has 4 nitrogen and oxygen atoms in total. The van der Waals surface area contributed by atoms with E-state index in [1.165, 1.54) is 19.3 Å². The van der Waals surface area contributed by atoms with Crippen molar-refractivity contribution >= 4 is 5.71 Å². The summed E-state index contributed by atoms with van der Waals surface area (Å²) in [6, 6.07) is 2.29. The third-order valence-corrected chi connectivity index (χ3v) is 4.06. The summed E-state index contributed by atoms with van der Waals surface area (Å²) in [5.41, 5.74) is 3.15. The number of hydrogen-bond acceptors (Lipinski definition) is 3. The maximum absolute atomic E-state index is 9.16. The highest BCUT2D eigenvalue weighted by molar-refractivity contribution is 5.93. The number of oxime groups is 1. The molecule has 0 spiro atoms. The van der Waals surface area contributed by atoms with Gasteiger partial charge in [0, 0.05) is 11.6 Å². The third-order valence-electron chi connectivity index (χ3n) is 4.06. The van der Waals surface area contributed by atoms with Gasteiger partial charge < -0.3 is 5.21 Å². The average Bonchev–Trinajstić information content (AvgIpc) is 2.91. The molecule has 2 fully saturated rings. The van der Waals surface area contributed by atoms with Gasteiger partial charge in [-0.2, -0.15) is 5.10 Å². The van der Waals surface area contributed by atoms with E-state index in [0.29, 0.717) is 11.8 Å². The molecule has 1 aromatic rings. The number of nitrogens with zero attached hydrogens (tertiary/aromatic N) is 3. The van der Waals surface area contributed by atoms with Crippen molar-refractivity contribution in [3.8, 4) is 0 Å². The molecular weight excluding hydrogens is 202 g/mol. The van der Waals surface area contributed by atoms with Crippen LogP contribution in [-0.4, -0.2) is 20.7 Å². The summed E-state index contributed by atoms with van der Waals surface area (Å²) in [4.78, 5) is 0. The quantitative estimate of drug-likeness (QED) is 0.582. The van der Waals surface area contributed by atoms with Crippen molar-refractivity contribution in [1.82, 2.24) is 9.78 Å². The predicted octanol–water partition coefficient (Wildman–Crippen LogP) is 2.30. The summed E-state index contributed by atoms with van der Waals surface area (Å²) in [6.45, 7) is 4.08. The van der Waals surface area contributed by atoms with Crippen LogP contribution in [0.4, 0.5) is 0 Å². The summed E-state index contributed by atoms with van der Waals surface area (Å²) >= 11 is 0. The smallest absolute Gasteiger partial charge is 0.0967 e. The van der Waals surface area contributed by atoms with Gasteiger partial charge in [-0.05, 0) is 45.1 Å². The summed E-state index contributed by atoms with van der Waals surface area (Å²) in [7, 11) is 0. The lowest BCUT2D eigenvalue weighted by atomic mass is 9.93. The van der Waals surface area contributed by atoms with E-state index in [9.17, 15) is 0 Å². The van der Waals surface area contributed by atoms with Crippen LogP contribution >= 0.6 is 0 Å². The Hall–Kier alpha value is -1.32. The molecule has 0 radical (unpaired) electrons. The molecule has 4 heteroatoms. The molecule has 2 saturated carbocycles. The van der Waals surface area contributed by atoms with Crippen LogP contribution in [0.3, 0.4) is 0 Å². The average molecular weight is 219 g/mol. The lowest BCUT2D eigenvalue weighted by Gasteiger charge is -2.24. The summed E-state index contributed by atoms with van der Waals surface area (Å²) in [6.07, 6.45) is 3.59. The molecule has 16 heavy (non-hydrogen) atoms. The summed E-state index contributed by atoms with van der Waals surface area (Å²) in [5.74, 6) is 1.11. The van der Waals surface area contributed by atoms with Crippen LogP contribution in [0.5, 0.6) is 0 Å². The second-order valence-corrected chi connectivity index (χ2v) is 5.11. The highest BCUT2D eigenvalue weighted by Crippen LogP contribution is 2.48. The minimum Gasteiger partial charge on any atom is -0.411 e. The number of fused-ring (bicyclic) bond motifs is 2. The van der Waals surface area contributed by atoms with Crippen LogP contribution in [-0.2, 0) is 0 Å². The van der Waals surface area contributed by atoms with Crippen molar-refractivity contribution in [1.29, 1.82) is 0 Å². The van der Waals surface area contributed by atoms with Crippen LogP contribution in [0.1, 0.15) is 36.7 Å². The Morgan fingerprint density at radius 3 is 2.88 bits per heavy atom. The van der Waals surface area contributed by atoms with Crippen molar-refractivity contribution in [2.24, 2.45) is 17.0 Å². The van der Waals surface area contributed by atoms with Crippen molar-refractivity contribution in [3.05, 3.63) is 17.5 Å². The Balaban J connectivity index is 2.03. The minimum absolute atomic E-state index is 0.206. The van der Waals surface area contributed by atoms with Gasteiger partial charge >= 0.3 is 0 Å². The summed E-state index contributed by atoms with van der Waals surface area (Å²) < 4.78 is 2.05. The molecule has 1 heterocycles. The fraction of sp³-hybridized carbons (Fsp3) is 0.667. The Labute approximate surface area is 95.0 Å². The maximum atomic E-state index is 9.16. The van der Waals surface area contributed by atoms with Crippen LogP contribution in [0, 0.1) is 25.7 Å². The third kappa shape index (κ3) is 1.22. The second-order valence-electron chi connectivity index (χ2n) is 5.11. The largest absolute Gasteiger partial charge is 0.411 e. The first-order valence-electron chi connectivity index (χ1n) is 5.95. The van der Waals surface area contributed by atoms with Gasteiger partial charge in [0.2, 0.25) is 0 Å². The SMILES string of the molecule is Cc1cc(C)n(C2/C(=N/O)C3CCC2C3)n1. The molecule has 0 aromatic carbocycles. The molecular formula is C12H17N3O. The molecule has 86 valence electrons. The highest BCUT2D eigenvalue weighted by Gasteiger charge is 2.47. The fourth-order valence-electron chi connectivity index (χ4n) is 3.45. The van der Waals surface area contributed by atoms with Gasteiger partial charge in [-0.3, -0.25) is 4.68 Å². The molecule has 0 amide bonds.